The first-order valence-corrected chi connectivity index (χ1v) is 1.29. The van der Waals surface area contributed by atoms with Gasteiger partial charge in [-0.25, -0.2) is 29.5 Å². The molecule has 0 atom stereocenters. The summed E-state index contributed by atoms with van der Waals surface area (Å²) in [4.78, 5) is 0. The van der Waals surface area contributed by atoms with Crippen molar-refractivity contribution in [3.63, 3.8) is 0 Å². The van der Waals surface area contributed by atoms with Crippen LogP contribution in [0.4, 0.5) is 0 Å². The molecule has 0 aliphatic heterocycles. The van der Waals surface area contributed by atoms with Crippen LogP contribution in [0.25, 0.3) is 0 Å². The van der Waals surface area contributed by atoms with Crippen molar-refractivity contribution in [2.24, 2.45) is 29.5 Å². The van der Waals surface area contributed by atoms with Crippen molar-refractivity contribution in [2.75, 3.05) is 0 Å². The molecular formula is H15CoN5O5. The molecule has 79 valence electrons. The largest absolute Gasteiger partial charge is 0.320 e. The first kappa shape index (κ1) is 43.5. The van der Waals surface area contributed by atoms with Gasteiger partial charge in [0.1, 0.15) is 0 Å². The van der Waals surface area contributed by atoms with Crippen molar-refractivity contribution in [1.82, 2.24) is 0 Å². The number of nitrogens with two attached hydrogens (primary N) is 5. The molecule has 0 rings (SSSR count). The van der Waals surface area contributed by atoms with Gasteiger partial charge in [-0.05, 0) is 0 Å². The zero-order chi connectivity index (χ0) is 10.0. The first-order chi connectivity index (χ1) is 5.00. The predicted molar refractivity (Wildman–Crippen MR) is 29.9 cm³/mol. The Labute approximate surface area is 73.2 Å². The molecule has 1 radical (unpaired) electrons. The molecule has 0 aromatic rings. The zero-order valence-electron chi connectivity index (χ0n) is 5.46. The Morgan fingerprint density at radius 3 is 0.364 bits per heavy atom. The van der Waals surface area contributed by atoms with Crippen molar-refractivity contribution in [3.05, 3.63) is 0 Å². The van der Waals surface area contributed by atoms with E-state index in [0.29, 0.717) is 0 Å². The van der Waals surface area contributed by atoms with Gasteiger partial charge in [-0.2, -0.15) is 0 Å². The van der Waals surface area contributed by atoms with Crippen LogP contribution in [0, 0.1) is 0 Å². The summed E-state index contributed by atoms with van der Waals surface area (Å²) in [6, 6.07) is 0. The van der Waals surface area contributed by atoms with E-state index in [9.17, 15) is 0 Å². The fourth-order valence-electron chi connectivity index (χ4n) is 0. The molecule has 0 aromatic heterocycles. The van der Waals surface area contributed by atoms with Crippen LogP contribution in [-0.2, 0) is 16.8 Å². The standard InChI is InChI=1S/Co.5H3NO/c;5*1-2/h;5*2H,1H2. The molecule has 0 aromatic carbocycles. The maximum absolute atomic E-state index is 6.50. The third-order valence-electron chi connectivity index (χ3n) is 0. The number of hydrogen-bond acceptors (Lipinski definition) is 10. The Morgan fingerprint density at radius 1 is 0.364 bits per heavy atom. The van der Waals surface area contributed by atoms with Crippen LogP contribution in [0.5, 0.6) is 0 Å². The Balaban J connectivity index is -0.00000000694. The predicted octanol–water partition coefficient (Wildman–Crippen LogP) is -3.33. The number of rotatable bonds is 0. The molecular weight excluding hydrogens is 209 g/mol. The van der Waals surface area contributed by atoms with Gasteiger partial charge >= 0.3 is 0 Å². The fourth-order valence-corrected chi connectivity index (χ4v) is 0. The summed E-state index contributed by atoms with van der Waals surface area (Å²) in [6.45, 7) is 0. The minimum atomic E-state index is 0. The van der Waals surface area contributed by atoms with E-state index in [-0.39, 0.29) is 16.8 Å². The summed E-state index contributed by atoms with van der Waals surface area (Å²) in [5.41, 5.74) is 0. The first-order valence-electron chi connectivity index (χ1n) is 1.29. The van der Waals surface area contributed by atoms with E-state index >= 15 is 0 Å². The van der Waals surface area contributed by atoms with Gasteiger partial charge in [0.15, 0.2) is 0 Å². The summed E-state index contributed by atoms with van der Waals surface area (Å²) in [5, 5.41) is 32.5. The molecule has 0 bridgehead atoms. The average molecular weight is 224 g/mol. The van der Waals surface area contributed by atoms with Crippen molar-refractivity contribution in [2.45, 2.75) is 0 Å². The zero-order valence-corrected chi connectivity index (χ0v) is 6.50. The fraction of sp³-hybridized carbons (Fsp3) is 0. The van der Waals surface area contributed by atoms with Crippen molar-refractivity contribution < 1.29 is 42.8 Å². The normalized spacial score (nSPS) is 2.73. The van der Waals surface area contributed by atoms with Gasteiger partial charge in [0.25, 0.3) is 0 Å². The third kappa shape index (κ3) is 58600. The Hall–Kier alpha value is 0.106. The second-order valence-corrected chi connectivity index (χ2v) is 0. The van der Waals surface area contributed by atoms with E-state index in [1.165, 1.54) is 0 Å². The maximum Gasteiger partial charge on any atom is 0 e. The van der Waals surface area contributed by atoms with Crippen molar-refractivity contribution >= 4 is 0 Å². The molecule has 0 aliphatic rings. The minimum Gasteiger partial charge on any atom is -0.320 e. The topological polar surface area (TPSA) is 231 Å². The van der Waals surface area contributed by atoms with Crippen LogP contribution < -0.4 is 29.5 Å². The Kier molecular flexibility index (Phi) is 292000. The Bertz CT molecular complexity index is 14.8. The number of hydrogen-bond donors (Lipinski definition) is 10. The van der Waals surface area contributed by atoms with E-state index in [1.54, 1.807) is 0 Å². The molecule has 0 saturated heterocycles. The molecule has 15 N–H and O–H groups in total. The second kappa shape index (κ2) is 73900. The van der Waals surface area contributed by atoms with Gasteiger partial charge in [0.2, 0.25) is 0 Å². The second-order valence-electron chi connectivity index (χ2n) is 0. The van der Waals surface area contributed by atoms with Crippen LogP contribution in [-0.4, -0.2) is 26.0 Å². The quantitative estimate of drug-likeness (QED) is 0.184. The molecule has 0 aliphatic carbocycles. The smallest absolute Gasteiger partial charge is 0 e. The maximum atomic E-state index is 6.50. The molecule has 0 heterocycles. The van der Waals surface area contributed by atoms with Gasteiger partial charge in [-0.15, -0.1) is 0 Å². The summed E-state index contributed by atoms with van der Waals surface area (Å²) in [6.07, 6.45) is 0. The summed E-state index contributed by atoms with van der Waals surface area (Å²) < 4.78 is 0. The minimum absolute atomic E-state index is 0. The van der Waals surface area contributed by atoms with Gasteiger partial charge in [-0.1, -0.05) is 0 Å². The van der Waals surface area contributed by atoms with Gasteiger partial charge in [0.05, 0.1) is 0 Å². The van der Waals surface area contributed by atoms with Gasteiger partial charge < -0.3 is 26.0 Å². The van der Waals surface area contributed by atoms with Crippen LogP contribution >= 0.6 is 0 Å². The van der Waals surface area contributed by atoms with E-state index in [0.717, 1.165) is 0 Å². The SMILES string of the molecule is NO.NO.NO.NO.NO.[Co]. The Morgan fingerprint density at radius 2 is 0.364 bits per heavy atom. The summed E-state index contributed by atoms with van der Waals surface area (Å²) in [5.74, 6) is 17.5. The van der Waals surface area contributed by atoms with Gasteiger partial charge in [0, 0.05) is 16.8 Å². The molecule has 0 unspecified atom stereocenters. The molecule has 0 fully saturated rings. The van der Waals surface area contributed by atoms with Crippen molar-refractivity contribution in [3.8, 4) is 0 Å². The van der Waals surface area contributed by atoms with Crippen molar-refractivity contribution in [1.29, 1.82) is 0 Å². The third-order valence-corrected chi connectivity index (χ3v) is 0. The van der Waals surface area contributed by atoms with Crippen LogP contribution in [0.2, 0.25) is 0 Å². The monoisotopic (exact) mass is 224 g/mol. The molecule has 10 nitrogen and oxygen atoms in total. The van der Waals surface area contributed by atoms with E-state index in [1.807, 2.05) is 0 Å². The van der Waals surface area contributed by atoms with Crippen LogP contribution in [0.15, 0.2) is 0 Å². The summed E-state index contributed by atoms with van der Waals surface area (Å²) in [7, 11) is 0. The van der Waals surface area contributed by atoms with E-state index in [4.69, 9.17) is 26.0 Å². The summed E-state index contributed by atoms with van der Waals surface area (Å²) >= 11 is 0. The molecule has 11 heteroatoms. The van der Waals surface area contributed by atoms with Gasteiger partial charge in [-0.3, -0.25) is 0 Å². The van der Waals surface area contributed by atoms with E-state index < -0.39 is 0 Å². The molecule has 0 saturated carbocycles. The van der Waals surface area contributed by atoms with Crippen LogP contribution in [0.3, 0.4) is 0 Å². The van der Waals surface area contributed by atoms with Crippen LogP contribution in [0.1, 0.15) is 0 Å². The van der Waals surface area contributed by atoms with E-state index in [2.05, 4.69) is 29.5 Å². The molecule has 0 spiro atoms. The molecule has 0 amide bonds. The average Bonchev–Trinajstić information content (AvgIpc) is 2.20. The molecule has 11 heavy (non-hydrogen) atoms.